The Labute approximate surface area is 87.9 Å². The van der Waals surface area contributed by atoms with E-state index >= 15 is 0 Å². The number of nitrogens with zero attached hydrogens (tertiary/aromatic N) is 1. The fourth-order valence-electron chi connectivity index (χ4n) is 1.11. The van der Waals surface area contributed by atoms with Crippen molar-refractivity contribution in [3.8, 4) is 0 Å². The molecule has 0 atom stereocenters. The summed E-state index contributed by atoms with van der Waals surface area (Å²) in [6.45, 7) is 1.08. The number of pyridine rings is 1. The Bertz CT molecular complexity index is 330. The molecule has 0 saturated carbocycles. The van der Waals surface area contributed by atoms with Gasteiger partial charge >= 0.3 is 0 Å². The highest BCUT2D eigenvalue weighted by Gasteiger charge is 1.98. The number of amides is 1. The van der Waals surface area contributed by atoms with Gasteiger partial charge in [-0.05, 0) is 11.6 Å². The molecule has 0 aliphatic rings. The molecule has 0 unspecified atom stereocenters. The monoisotopic (exact) mass is 211 g/mol. The number of hydrogen-bond acceptors (Lipinski definition) is 3. The van der Waals surface area contributed by atoms with Gasteiger partial charge in [0.1, 0.15) is 5.82 Å². The van der Waals surface area contributed by atoms with E-state index in [1.807, 2.05) is 0 Å². The van der Waals surface area contributed by atoms with Gasteiger partial charge in [0.2, 0.25) is 5.91 Å². The first kappa shape index (κ1) is 11.6. The second kappa shape index (κ2) is 6.08. The minimum atomic E-state index is -0.347. The summed E-state index contributed by atoms with van der Waals surface area (Å²) >= 11 is 0. The molecular formula is C10H14FN3O. The van der Waals surface area contributed by atoms with Gasteiger partial charge in [-0.15, -0.1) is 0 Å². The molecule has 0 aromatic carbocycles. The van der Waals surface area contributed by atoms with E-state index in [1.165, 1.54) is 6.07 Å². The number of hydrogen-bond donors (Lipinski definition) is 2. The molecular weight excluding hydrogens is 197 g/mol. The minimum absolute atomic E-state index is 0.0140. The normalized spacial score (nSPS) is 10.0. The van der Waals surface area contributed by atoms with Crippen LogP contribution in [0.5, 0.6) is 0 Å². The van der Waals surface area contributed by atoms with Crippen molar-refractivity contribution in [2.45, 2.75) is 13.0 Å². The van der Waals surface area contributed by atoms with Crippen molar-refractivity contribution in [3.05, 3.63) is 29.8 Å². The molecule has 82 valence electrons. The molecule has 0 fully saturated rings. The number of carbonyl (C=O) groups is 1. The Hall–Kier alpha value is -1.49. The number of nitrogens with one attached hydrogen (secondary N) is 2. The maximum absolute atomic E-state index is 12.7. The van der Waals surface area contributed by atoms with Gasteiger partial charge in [-0.25, -0.2) is 4.39 Å². The summed E-state index contributed by atoms with van der Waals surface area (Å²) in [5.41, 5.74) is 0.770. The Morgan fingerprint density at radius 2 is 2.33 bits per heavy atom. The zero-order valence-electron chi connectivity index (χ0n) is 8.59. The Balaban J connectivity index is 2.23. The molecule has 1 aromatic heterocycles. The van der Waals surface area contributed by atoms with Gasteiger partial charge in [0, 0.05) is 32.8 Å². The summed E-state index contributed by atoms with van der Waals surface area (Å²) in [6.07, 6.45) is 3.17. The van der Waals surface area contributed by atoms with Crippen LogP contribution >= 0.6 is 0 Å². The van der Waals surface area contributed by atoms with Crippen LogP contribution in [0.15, 0.2) is 18.5 Å². The molecule has 2 N–H and O–H groups in total. The molecule has 4 nitrogen and oxygen atoms in total. The zero-order chi connectivity index (χ0) is 11.1. The lowest BCUT2D eigenvalue weighted by Gasteiger charge is -2.03. The van der Waals surface area contributed by atoms with Gasteiger partial charge in [-0.3, -0.25) is 9.78 Å². The zero-order valence-corrected chi connectivity index (χ0v) is 8.59. The highest BCUT2D eigenvalue weighted by atomic mass is 19.1. The molecule has 5 heteroatoms. The quantitative estimate of drug-likeness (QED) is 0.695. The molecule has 1 aromatic rings. The largest absolute Gasteiger partial charge is 0.359 e. The molecule has 0 spiro atoms. The lowest BCUT2D eigenvalue weighted by molar-refractivity contribution is -0.120. The summed E-state index contributed by atoms with van der Waals surface area (Å²) in [4.78, 5) is 14.6. The van der Waals surface area contributed by atoms with E-state index in [9.17, 15) is 9.18 Å². The Morgan fingerprint density at radius 3 is 3.00 bits per heavy atom. The molecule has 1 rings (SSSR count). The first-order chi connectivity index (χ1) is 7.22. The minimum Gasteiger partial charge on any atom is -0.359 e. The molecule has 0 saturated heterocycles. The van der Waals surface area contributed by atoms with E-state index < -0.39 is 0 Å². The van der Waals surface area contributed by atoms with Crippen LogP contribution in [0.1, 0.15) is 12.0 Å². The number of halogens is 1. The van der Waals surface area contributed by atoms with Crippen LogP contribution in [-0.4, -0.2) is 24.5 Å². The van der Waals surface area contributed by atoms with Gasteiger partial charge in [-0.1, -0.05) is 0 Å². The van der Waals surface area contributed by atoms with Crippen molar-refractivity contribution < 1.29 is 9.18 Å². The van der Waals surface area contributed by atoms with E-state index in [1.54, 1.807) is 13.2 Å². The van der Waals surface area contributed by atoms with Crippen LogP contribution in [0.25, 0.3) is 0 Å². The van der Waals surface area contributed by atoms with Gasteiger partial charge in [0.05, 0.1) is 6.20 Å². The molecule has 0 bridgehead atoms. The third kappa shape index (κ3) is 4.51. The maximum Gasteiger partial charge on any atom is 0.221 e. The molecule has 0 aliphatic heterocycles. The number of aromatic nitrogens is 1. The maximum atomic E-state index is 12.7. The molecule has 0 radical (unpaired) electrons. The van der Waals surface area contributed by atoms with E-state index in [-0.39, 0.29) is 11.7 Å². The third-order valence-electron chi connectivity index (χ3n) is 1.90. The molecule has 0 aliphatic carbocycles. The van der Waals surface area contributed by atoms with Crippen LogP contribution in [0.2, 0.25) is 0 Å². The molecule has 15 heavy (non-hydrogen) atoms. The lowest BCUT2D eigenvalue weighted by Crippen LogP contribution is -2.24. The van der Waals surface area contributed by atoms with Crippen molar-refractivity contribution in [1.82, 2.24) is 15.6 Å². The highest BCUT2D eigenvalue weighted by Crippen LogP contribution is 1.99. The summed E-state index contributed by atoms with van der Waals surface area (Å²) < 4.78 is 12.7. The van der Waals surface area contributed by atoms with E-state index in [2.05, 4.69) is 15.6 Å². The van der Waals surface area contributed by atoms with Gasteiger partial charge in [0.15, 0.2) is 0 Å². The predicted molar refractivity (Wildman–Crippen MR) is 54.6 cm³/mol. The lowest BCUT2D eigenvalue weighted by atomic mass is 10.3. The van der Waals surface area contributed by atoms with Crippen LogP contribution in [0.4, 0.5) is 4.39 Å². The topological polar surface area (TPSA) is 54.0 Å². The van der Waals surface area contributed by atoms with Crippen LogP contribution < -0.4 is 10.6 Å². The summed E-state index contributed by atoms with van der Waals surface area (Å²) in [6, 6.07) is 1.42. The highest BCUT2D eigenvalue weighted by molar-refractivity contribution is 5.75. The standard InChI is InChI=1S/C10H14FN3O/c1-12-10(15)2-3-13-5-8-4-9(11)7-14-6-8/h4,6-7,13H,2-3,5H2,1H3,(H,12,15). The van der Waals surface area contributed by atoms with Crippen LogP contribution in [-0.2, 0) is 11.3 Å². The average molecular weight is 211 g/mol. The smallest absolute Gasteiger partial charge is 0.221 e. The SMILES string of the molecule is CNC(=O)CCNCc1cncc(F)c1. The van der Waals surface area contributed by atoms with Gasteiger partial charge < -0.3 is 10.6 Å². The summed E-state index contributed by atoms with van der Waals surface area (Å²) in [5, 5.41) is 5.55. The van der Waals surface area contributed by atoms with Crippen LogP contribution in [0, 0.1) is 5.82 Å². The van der Waals surface area contributed by atoms with Crippen LogP contribution in [0.3, 0.4) is 0 Å². The Morgan fingerprint density at radius 1 is 1.53 bits per heavy atom. The van der Waals surface area contributed by atoms with E-state index in [4.69, 9.17) is 0 Å². The average Bonchev–Trinajstić information content (AvgIpc) is 2.24. The van der Waals surface area contributed by atoms with Gasteiger partial charge in [-0.2, -0.15) is 0 Å². The third-order valence-corrected chi connectivity index (χ3v) is 1.90. The first-order valence-electron chi connectivity index (χ1n) is 4.73. The van der Waals surface area contributed by atoms with Crippen molar-refractivity contribution in [2.24, 2.45) is 0 Å². The van der Waals surface area contributed by atoms with Crippen molar-refractivity contribution in [1.29, 1.82) is 0 Å². The van der Waals surface area contributed by atoms with E-state index in [0.29, 0.717) is 19.5 Å². The summed E-state index contributed by atoms with van der Waals surface area (Å²) in [7, 11) is 1.60. The molecule has 1 heterocycles. The fraction of sp³-hybridized carbons (Fsp3) is 0.400. The first-order valence-corrected chi connectivity index (χ1v) is 4.73. The molecule has 1 amide bonds. The van der Waals surface area contributed by atoms with Gasteiger partial charge in [0.25, 0.3) is 0 Å². The predicted octanol–water partition coefficient (Wildman–Crippen LogP) is 0.446. The van der Waals surface area contributed by atoms with Crippen molar-refractivity contribution in [3.63, 3.8) is 0 Å². The second-order valence-electron chi connectivity index (χ2n) is 3.11. The second-order valence-corrected chi connectivity index (χ2v) is 3.11. The Kier molecular flexibility index (Phi) is 4.70. The number of carbonyl (C=O) groups excluding carboxylic acids is 1. The fourth-order valence-corrected chi connectivity index (χ4v) is 1.11. The number of rotatable bonds is 5. The van der Waals surface area contributed by atoms with Crippen molar-refractivity contribution >= 4 is 5.91 Å². The summed E-state index contributed by atoms with van der Waals surface area (Å²) in [5.74, 6) is -0.361. The van der Waals surface area contributed by atoms with Crippen molar-refractivity contribution in [2.75, 3.05) is 13.6 Å². The van der Waals surface area contributed by atoms with E-state index in [0.717, 1.165) is 11.8 Å².